The first-order chi connectivity index (χ1) is 13.2. The van der Waals surface area contributed by atoms with Crippen LogP contribution in [0, 0.1) is 5.92 Å². The molecule has 1 aromatic carbocycles. The molecule has 0 radical (unpaired) electrons. The lowest BCUT2D eigenvalue weighted by atomic mass is 9.98. The first-order valence-electron chi connectivity index (χ1n) is 8.90. The maximum atomic E-state index is 12.5. The summed E-state index contributed by atoms with van der Waals surface area (Å²) in [5.41, 5.74) is 0.856. The molecular formula is C20H20N4O3. The zero-order valence-electron chi connectivity index (χ0n) is 15.0. The SMILES string of the molecule is CC1CN(C(=O)COc2ccccc2)CC1c1nc(-c2ccncc2)no1. The van der Waals surface area contributed by atoms with Crippen LogP contribution in [0.2, 0.25) is 0 Å². The van der Waals surface area contributed by atoms with Crippen molar-refractivity contribution in [3.05, 3.63) is 60.7 Å². The number of carbonyl (C=O) groups is 1. The van der Waals surface area contributed by atoms with Crippen molar-refractivity contribution in [3.8, 4) is 17.1 Å². The molecule has 2 atom stereocenters. The van der Waals surface area contributed by atoms with E-state index in [1.165, 1.54) is 0 Å². The van der Waals surface area contributed by atoms with Crippen LogP contribution in [0.5, 0.6) is 5.75 Å². The van der Waals surface area contributed by atoms with Crippen molar-refractivity contribution in [2.45, 2.75) is 12.8 Å². The predicted molar refractivity (Wildman–Crippen MR) is 98.0 cm³/mol. The van der Waals surface area contributed by atoms with E-state index < -0.39 is 0 Å². The molecule has 1 aliphatic heterocycles. The lowest BCUT2D eigenvalue weighted by molar-refractivity contribution is -0.132. The third kappa shape index (κ3) is 3.81. The van der Waals surface area contributed by atoms with E-state index in [2.05, 4.69) is 22.0 Å². The number of hydrogen-bond acceptors (Lipinski definition) is 6. The highest BCUT2D eigenvalue weighted by atomic mass is 16.5. The van der Waals surface area contributed by atoms with E-state index in [1.54, 1.807) is 17.3 Å². The van der Waals surface area contributed by atoms with Gasteiger partial charge in [-0.2, -0.15) is 4.98 Å². The molecule has 1 fully saturated rings. The van der Waals surface area contributed by atoms with Gasteiger partial charge in [0.25, 0.3) is 5.91 Å². The highest BCUT2D eigenvalue weighted by Crippen LogP contribution is 2.32. The summed E-state index contributed by atoms with van der Waals surface area (Å²) in [6.45, 7) is 3.31. The Balaban J connectivity index is 1.39. The number of ether oxygens (including phenoxy) is 1. The summed E-state index contributed by atoms with van der Waals surface area (Å²) in [6, 6.07) is 13.0. The fourth-order valence-electron chi connectivity index (χ4n) is 3.25. The molecule has 0 bridgehead atoms. The van der Waals surface area contributed by atoms with Crippen molar-refractivity contribution in [2.24, 2.45) is 5.92 Å². The molecule has 1 saturated heterocycles. The lowest BCUT2D eigenvalue weighted by Gasteiger charge is -2.16. The molecule has 7 nitrogen and oxygen atoms in total. The summed E-state index contributed by atoms with van der Waals surface area (Å²) >= 11 is 0. The molecule has 0 aliphatic carbocycles. The zero-order valence-corrected chi connectivity index (χ0v) is 15.0. The Kier molecular flexibility index (Phi) is 4.82. The Morgan fingerprint density at radius 1 is 1.19 bits per heavy atom. The Labute approximate surface area is 157 Å². The maximum Gasteiger partial charge on any atom is 0.260 e. The number of para-hydroxylation sites is 1. The van der Waals surface area contributed by atoms with Crippen LogP contribution < -0.4 is 4.74 Å². The Morgan fingerprint density at radius 3 is 2.74 bits per heavy atom. The van der Waals surface area contributed by atoms with Gasteiger partial charge in [-0.1, -0.05) is 30.3 Å². The quantitative estimate of drug-likeness (QED) is 0.692. The number of carbonyl (C=O) groups excluding carboxylic acids is 1. The van der Waals surface area contributed by atoms with Crippen molar-refractivity contribution in [1.29, 1.82) is 0 Å². The number of nitrogens with zero attached hydrogens (tertiary/aromatic N) is 4. The molecule has 2 unspecified atom stereocenters. The normalized spacial score (nSPS) is 19.2. The largest absolute Gasteiger partial charge is 0.484 e. The van der Waals surface area contributed by atoms with Crippen molar-refractivity contribution in [1.82, 2.24) is 20.0 Å². The topological polar surface area (TPSA) is 81.4 Å². The van der Waals surface area contributed by atoms with Gasteiger partial charge in [0, 0.05) is 31.0 Å². The van der Waals surface area contributed by atoms with Gasteiger partial charge in [0.05, 0.1) is 5.92 Å². The minimum atomic E-state index is -0.0397. The number of amides is 1. The summed E-state index contributed by atoms with van der Waals surface area (Å²) in [5, 5.41) is 4.07. The van der Waals surface area contributed by atoms with Crippen LogP contribution in [-0.2, 0) is 4.79 Å². The van der Waals surface area contributed by atoms with E-state index in [1.807, 2.05) is 42.5 Å². The molecule has 4 rings (SSSR count). The third-order valence-corrected chi connectivity index (χ3v) is 4.77. The molecule has 3 heterocycles. The van der Waals surface area contributed by atoms with Crippen molar-refractivity contribution in [3.63, 3.8) is 0 Å². The minimum absolute atomic E-state index is 0.0220. The Morgan fingerprint density at radius 2 is 1.96 bits per heavy atom. The lowest BCUT2D eigenvalue weighted by Crippen LogP contribution is -2.33. The first-order valence-corrected chi connectivity index (χ1v) is 8.90. The highest BCUT2D eigenvalue weighted by molar-refractivity contribution is 5.78. The van der Waals surface area contributed by atoms with Crippen LogP contribution in [0.3, 0.4) is 0 Å². The van der Waals surface area contributed by atoms with Gasteiger partial charge in [-0.05, 0) is 30.2 Å². The third-order valence-electron chi connectivity index (χ3n) is 4.77. The molecule has 27 heavy (non-hydrogen) atoms. The summed E-state index contributed by atoms with van der Waals surface area (Å²) in [6.07, 6.45) is 3.38. The van der Waals surface area contributed by atoms with Crippen molar-refractivity contribution in [2.75, 3.05) is 19.7 Å². The molecular weight excluding hydrogens is 344 g/mol. The van der Waals surface area contributed by atoms with E-state index >= 15 is 0 Å². The van der Waals surface area contributed by atoms with Crippen LogP contribution >= 0.6 is 0 Å². The van der Waals surface area contributed by atoms with E-state index in [0.29, 0.717) is 30.6 Å². The first kappa shape index (κ1) is 17.2. The molecule has 3 aromatic rings. The summed E-state index contributed by atoms with van der Waals surface area (Å²) in [7, 11) is 0. The standard InChI is InChI=1S/C20H20N4O3/c1-14-11-24(18(25)13-26-16-5-3-2-4-6-16)12-17(14)20-22-19(23-27-20)15-7-9-21-10-8-15/h2-10,14,17H,11-13H2,1H3. The maximum absolute atomic E-state index is 12.5. The van der Waals surface area contributed by atoms with Crippen LogP contribution in [0.25, 0.3) is 11.4 Å². The molecule has 0 spiro atoms. The van der Waals surface area contributed by atoms with Gasteiger partial charge in [-0.25, -0.2) is 0 Å². The van der Waals surface area contributed by atoms with Gasteiger partial charge in [0.2, 0.25) is 11.7 Å². The van der Waals surface area contributed by atoms with Gasteiger partial charge >= 0.3 is 0 Å². The highest BCUT2D eigenvalue weighted by Gasteiger charge is 2.37. The number of pyridine rings is 1. The van der Waals surface area contributed by atoms with Crippen molar-refractivity contribution < 1.29 is 14.1 Å². The number of likely N-dealkylation sites (tertiary alicyclic amines) is 1. The molecule has 1 aliphatic rings. The van der Waals surface area contributed by atoms with E-state index in [0.717, 1.165) is 5.56 Å². The number of benzene rings is 1. The summed E-state index contributed by atoms with van der Waals surface area (Å²) in [4.78, 5) is 22.8. The van der Waals surface area contributed by atoms with Crippen LogP contribution in [-0.4, -0.2) is 45.6 Å². The Bertz CT molecular complexity index is 898. The average Bonchev–Trinajstić information content (AvgIpc) is 3.34. The second-order valence-corrected chi connectivity index (χ2v) is 6.68. The van der Waals surface area contributed by atoms with Gasteiger partial charge in [-0.3, -0.25) is 9.78 Å². The monoisotopic (exact) mass is 364 g/mol. The van der Waals surface area contributed by atoms with Gasteiger partial charge in [-0.15, -0.1) is 0 Å². The zero-order chi connectivity index (χ0) is 18.6. The molecule has 0 saturated carbocycles. The predicted octanol–water partition coefficient (Wildman–Crippen LogP) is 2.77. The molecule has 7 heteroatoms. The molecule has 0 N–H and O–H groups in total. The fourth-order valence-corrected chi connectivity index (χ4v) is 3.25. The number of hydrogen-bond donors (Lipinski definition) is 0. The second-order valence-electron chi connectivity index (χ2n) is 6.68. The number of aromatic nitrogens is 3. The molecule has 138 valence electrons. The summed E-state index contributed by atoms with van der Waals surface area (Å²) in [5.74, 6) is 2.01. The Hall–Kier alpha value is -3.22. The second kappa shape index (κ2) is 7.57. The number of rotatable bonds is 5. The molecule has 1 amide bonds. The molecule has 2 aromatic heterocycles. The van der Waals surface area contributed by atoms with Gasteiger partial charge < -0.3 is 14.2 Å². The van der Waals surface area contributed by atoms with Gasteiger partial charge in [0.1, 0.15) is 5.75 Å². The van der Waals surface area contributed by atoms with Crippen LogP contribution in [0.4, 0.5) is 0 Å². The average molecular weight is 364 g/mol. The fraction of sp³-hybridized carbons (Fsp3) is 0.300. The van der Waals surface area contributed by atoms with E-state index in [9.17, 15) is 4.79 Å². The van der Waals surface area contributed by atoms with Gasteiger partial charge in [0.15, 0.2) is 6.61 Å². The van der Waals surface area contributed by atoms with Crippen LogP contribution in [0.15, 0.2) is 59.4 Å². The minimum Gasteiger partial charge on any atom is -0.484 e. The van der Waals surface area contributed by atoms with Crippen molar-refractivity contribution >= 4 is 5.91 Å². The summed E-state index contributed by atoms with van der Waals surface area (Å²) < 4.78 is 11.0. The van der Waals surface area contributed by atoms with Crippen LogP contribution in [0.1, 0.15) is 18.7 Å². The van der Waals surface area contributed by atoms with E-state index in [-0.39, 0.29) is 24.3 Å². The van der Waals surface area contributed by atoms with E-state index in [4.69, 9.17) is 9.26 Å². The smallest absolute Gasteiger partial charge is 0.260 e.